The summed E-state index contributed by atoms with van der Waals surface area (Å²) in [6.07, 6.45) is 2.39. The third-order valence-electron chi connectivity index (χ3n) is 9.09. The molecule has 0 saturated carbocycles. The summed E-state index contributed by atoms with van der Waals surface area (Å²) in [5.74, 6) is -1.73. The minimum absolute atomic E-state index is 0.0124. The highest BCUT2D eigenvalue weighted by molar-refractivity contribution is 5.96. The number of hydrogen-bond donors (Lipinski definition) is 3. The van der Waals surface area contributed by atoms with Crippen LogP contribution in [0.25, 0.3) is 44.4 Å². The molecule has 0 aromatic carbocycles. The largest absolute Gasteiger partial charge is 0.481 e. The Kier molecular flexibility index (Phi) is 8.14. The zero-order valence-electron chi connectivity index (χ0n) is 26.1. The van der Waals surface area contributed by atoms with Crippen molar-refractivity contribution in [2.24, 2.45) is 7.05 Å². The van der Waals surface area contributed by atoms with Crippen molar-refractivity contribution in [2.75, 3.05) is 0 Å². The fraction of sp³-hybridized carbons (Fsp3) is 0.371. The number of carboxylic acid groups (broad SMARTS) is 2. The molecule has 8 bridgehead atoms. The lowest BCUT2D eigenvalue weighted by atomic mass is 9.98. The Morgan fingerprint density at radius 1 is 0.698 bits per heavy atom. The summed E-state index contributed by atoms with van der Waals surface area (Å²) in [7, 11) is 2.09. The van der Waals surface area contributed by atoms with Crippen molar-refractivity contribution >= 4 is 56.3 Å². The van der Waals surface area contributed by atoms with Crippen molar-refractivity contribution in [3.05, 3.63) is 69.3 Å². The summed E-state index contributed by atoms with van der Waals surface area (Å²) in [6, 6.07) is 8.32. The summed E-state index contributed by atoms with van der Waals surface area (Å²) < 4.78 is 2.22. The summed E-state index contributed by atoms with van der Waals surface area (Å²) in [5, 5.41) is 19.0. The molecule has 3 aromatic rings. The van der Waals surface area contributed by atoms with Gasteiger partial charge >= 0.3 is 11.9 Å². The van der Waals surface area contributed by atoms with E-state index in [2.05, 4.69) is 62.5 Å². The van der Waals surface area contributed by atoms with Crippen LogP contribution in [0.15, 0.2) is 24.3 Å². The van der Waals surface area contributed by atoms with E-state index in [-0.39, 0.29) is 12.8 Å². The number of hydrogen-bond acceptors (Lipinski definition) is 4. The number of carboxylic acids is 2. The van der Waals surface area contributed by atoms with Gasteiger partial charge in [0, 0.05) is 42.0 Å². The first-order valence-corrected chi connectivity index (χ1v) is 15.0. The van der Waals surface area contributed by atoms with Gasteiger partial charge in [0.2, 0.25) is 0 Å². The van der Waals surface area contributed by atoms with Crippen molar-refractivity contribution in [2.45, 2.75) is 80.1 Å². The number of rotatable bonds is 8. The minimum atomic E-state index is -0.867. The third-order valence-corrected chi connectivity index (χ3v) is 9.09. The van der Waals surface area contributed by atoms with Crippen molar-refractivity contribution in [1.82, 2.24) is 19.5 Å². The summed E-state index contributed by atoms with van der Waals surface area (Å²) in [4.78, 5) is 36.9. The van der Waals surface area contributed by atoms with E-state index < -0.39 is 11.9 Å². The van der Waals surface area contributed by atoms with Gasteiger partial charge in [0.05, 0.1) is 22.8 Å². The molecule has 5 heterocycles. The predicted molar refractivity (Wildman–Crippen MR) is 173 cm³/mol. The van der Waals surface area contributed by atoms with Gasteiger partial charge in [-0.15, -0.1) is 0 Å². The van der Waals surface area contributed by atoms with Crippen LogP contribution < -0.4 is 0 Å². The summed E-state index contributed by atoms with van der Waals surface area (Å²) >= 11 is 0. The van der Waals surface area contributed by atoms with Crippen LogP contribution in [0.2, 0.25) is 0 Å². The van der Waals surface area contributed by atoms with Crippen molar-refractivity contribution in [3.63, 3.8) is 0 Å². The molecule has 5 rings (SSSR count). The minimum Gasteiger partial charge on any atom is -0.481 e. The molecule has 8 nitrogen and oxygen atoms in total. The van der Waals surface area contributed by atoms with Gasteiger partial charge in [-0.05, 0) is 122 Å². The first-order valence-electron chi connectivity index (χ1n) is 15.0. The zero-order valence-corrected chi connectivity index (χ0v) is 26.1. The summed E-state index contributed by atoms with van der Waals surface area (Å²) in [6.45, 7) is 12.6. The maximum atomic E-state index is 11.6. The lowest BCUT2D eigenvalue weighted by Gasteiger charge is -2.05. The van der Waals surface area contributed by atoms with Crippen LogP contribution in [0.4, 0.5) is 0 Å². The first kappa shape index (κ1) is 30.0. The highest BCUT2D eigenvalue weighted by Gasteiger charge is 2.23. The normalized spacial score (nSPS) is 13.3. The Labute approximate surface area is 251 Å². The molecule has 0 amide bonds. The monoisotopic (exact) mass is 580 g/mol. The van der Waals surface area contributed by atoms with E-state index in [0.717, 1.165) is 68.6 Å². The van der Waals surface area contributed by atoms with E-state index in [9.17, 15) is 19.8 Å². The Morgan fingerprint density at radius 2 is 1.23 bits per heavy atom. The number of H-pyrrole nitrogens is 1. The molecule has 0 aliphatic carbocycles. The number of fused-ring (bicyclic) bond motifs is 8. The van der Waals surface area contributed by atoms with Gasteiger partial charge in [-0.2, -0.15) is 0 Å². The molecule has 43 heavy (non-hydrogen) atoms. The van der Waals surface area contributed by atoms with Crippen molar-refractivity contribution in [1.29, 1.82) is 0 Å². The molecule has 8 heteroatoms. The van der Waals surface area contributed by atoms with Gasteiger partial charge in [0.15, 0.2) is 0 Å². The van der Waals surface area contributed by atoms with Crippen LogP contribution in [0, 0.1) is 13.8 Å². The van der Waals surface area contributed by atoms with Crippen LogP contribution >= 0.6 is 0 Å². The smallest absolute Gasteiger partial charge is 0.303 e. The van der Waals surface area contributed by atoms with Gasteiger partial charge in [-0.25, -0.2) is 9.97 Å². The molecule has 2 aliphatic rings. The number of aromatic amines is 1. The zero-order chi connectivity index (χ0) is 31.2. The fourth-order valence-electron chi connectivity index (χ4n) is 6.57. The second-order valence-electron chi connectivity index (χ2n) is 11.5. The lowest BCUT2D eigenvalue weighted by molar-refractivity contribution is -0.137. The fourth-order valence-corrected chi connectivity index (χ4v) is 6.57. The molecular formula is C35H40N4O4. The molecule has 3 aromatic heterocycles. The van der Waals surface area contributed by atoms with Crippen molar-refractivity contribution < 1.29 is 19.8 Å². The van der Waals surface area contributed by atoms with Crippen LogP contribution in [0.5, 0.6) is 0 Å². The number of aliphatic carboxylic acids is 2. The lowest BCUT2D eigenvalue weighted by Crippen LogP contribution is -1.97. The van der Waals surface area contributed by atoms with Crippen LogP contribution in [0.1, 0.15) is 98.4 Å². The van der Waals surface area contributed by atoms with Gasteiger partial charge in [0.25, 0.3) is 0 Å². The quantitative estimate of drug-likeness (QED) is 0.252. The van der Waals surface area contributed by atoms with E-state index in [0.29, 0.717) is 24.2 Å². The first-order chi connectivity index (χ1) is 20.4. The van der Waals surface area contributed by atoms with Crippen LogP contribution in [-0.4, -0.2) is 41.7 Å². The number of nitrogens with one attached hydrogen (secondary N) is 1. The molecule has 0 atom stereocenters. The predicted octanol–water partition coefficient (Wildman–Crippen LogP) is 7.66. The molecule has 0 saturated heterocycles. The molecule has 0 spiro atoms. The Morgan fingerprint density at radius 3 is 1.74 bits per heavy atom. The van der Waals surface area contributed by atoms with E-state index in [1.165, 1.54) is 22.3 Å². The van der Waals surface area contributed by atoms with Crippen LogP contribution in [-0.2, 0) is 29.5 Å². The van der Waals surface area contributed by atoms with E-state index >= 15 is 0 Å². The molecular weight excluding hydrogens is 540 g/mol. The maximum absolute atomic E-state index is 11.6. The number of aromatic nitrogens is 4. The Balaban J connectivity index is 1.95. The van der Waals surface area contributed by atoms with Gasteiger partial charge < -0.3 is 19.8 Å². The topological polar surface area (TPSA) is 121 Å². The van der Waals surface area contributed by atoms with Gasteiger partial charge in [-0.1, -0.05) is 13.8 Å². The number of carbonyl (C=O) groups is 2. The average Bonchev–Trinajstić information content (AvgIpc) is 3.59. The number of allylic oxidation sites excluding steroid dienone is 4. The van der Waals surface area contributed by atoms with E-state index in [1.807, 2.05) is 19.9 Å². The molecule has 3 N–H and O–H groups in total. The van der Waals surface area contributed by atoms with Crippen molar-refractivity contribution in [3.8, 4) is 0 Å². The number of nitrogens with zero attached hydrogens (tertiary/aromatic N) is 3. The Bertz CT molecular complexity index is 1900. The van der Waals surface area contributed by atoms with Gasteiger partial charge in [0.1, 0.15) is 0 Å². The highest BCUT2D eigenvalue weighted by Crippen LogP contribution is 2.38. The molecule has 0 unspecified atom stereocenters. The van der Waals surface area contributed by atoms with E-state index in [4.69, 9.17) is 9.97 Å². The molecule has 2 aliphatic heterocycles. The highest BCUT2D eigenvalue weighted by atomic mass is 16.4. The third kappa shape index (κ3) is 5.42. The average molecular weight is 581 g/mol. The maximum Gasteiger partial charge on any atom is 0.303 e. The molecule has 0 radical (unpaired) electrons. The molecule has 0 fully saturated rings. The SMILES string of the molecule is CCc1c(C)c2cc3c(CC)c(C)c(cc4nc(cc5nc(cc1[nH]2)C(C)=C5CCC(=O)O)C(CCC(=O)O)=C4C)n3C. The van der Waals surface area contributed by atoms with E-state index in [1.54, 1.807) is 0 Å². The van der Waals surface area contributed by atoms with Gasteiger partial charge in [-0.3, -0.25) is 9.59 Å². The second-order valence-corrected chi connectivity index (χ2v) is 11.5. The molecule has 224 valence electrons. The second kappa shape index (κ2) is 11.7. The standard InChI is InChI=1S/C35H40N4O4/c1-8-22-18(3)28-17-33-23(9-2)21(6)32(39(33)7)16-27-20(5)25(11-13-35(42)43)31(38-27)15-30-24(10-12-34(40)41)19(4)26(36-30)14-29(22)37-28/h14-17,37H,8-13H2,1-7H3,(H,40,41)(H,42,43). The Hall–Kier alpha value is -4.46. The number of aryl methyl sites for hydroxylation is 5. The van der Waals surface area contributed by atoms with Crippen LogP contribution in [0.3, 0.4) is 0 Å². The summed E-state index contributed by atoms with van der Waals surface area (Å²) in [5.41, 5.74) is 15.7.